The van der Waals surface area contributed by atoms with E-state index in [-0.39, 0.29) is 0 Å². The van der Waals surface area contributed by atoms with Crippen molar-refractivity contribution in [2.45, 2.75) is 65.1 Å². The highest BCUT2D eigenvalue weighted by molar-refractivity contribution is 5.05. The van der Waals surface area contributed by atoms with Crippen LogP contribution in [0.2, 0.25) is 0 Å². The van der Waals surface area contributed by atoms with Gasteiger partial charge in [-0.3, -0.25) is 4.90 Å². The zero-order chi connectivity index (χ0) is 14.4. The van der Waals surface area contributed by atoms with Gasteiger partial charge in [-0.2, -0.15) is 0 Å². The molecule has 1 aromatic rings. The molecule has 2 rings (SSSR count). The molecule has 0 radical (unpaired) electrons. The largest absolute Gasteiger partial charge is 0.360 e. The second kappa shape index (κ2) is 7.79. The van der Waals surface area contributed by atoms with Gasteiger partial charge in [-0.15, -0.1) is 0 Å². The van der Waals surface area contributed by atoms with Crippen LogP contribution in [0.15, 0.2) is 10.6 Å². The molecule has 1 aliphatic rings. The summed E-state index contributed by atoms with van der Waals surface area (Å²) in [5, 5.41) is 7.48. The smallest absolute Gasteiger partial charge is 0.151 e. The molecule has 0 atom stereocenters. The van der Waals surface area contributed by atoms with Crippen molar-refractivity contribution in [2.75, 3.05) is 13.6 Å². The van der Waals surface area contributed by atoms with Crippen molar-refractivity contribution < 1.29 is 4.52 Å². The van der Waals surface area contributed by atoms with E-state index in [0.717, 1.165) is 43.4 Å². The fourth-order valence-corrected chi connectivity index (χ4v) is 2.97. The number of nitrogens with zero attached hydrogens (tertiary/aromatic N) is 2. The quantitative estimate of drug-likeness (QED) is 0.778. The lowest BCUT2D eigenvalue weighted by atomic mass is 9.87. The Morgan fingerprint density at radius 1 is 1.35 bits per heavy atom. The molecule has 4 nitrogen and oxygen atoms in total. The Labute approximate surface area is 122 Å². The SMILES string of the molecule is CCCNCc1cc(CN(C)C2CCC(C)CC2)on1. The zero-order valence-corrected chi connectivity index (χ0v) is 13.2. The zero-order valence-electron chi connectivity index (χ0n) is 13.2. The molecule has 0 unspecified atom stereocenters. The molecule has 0 bridgehead atoms. The van der Waals surface area contributed by atoms with E-state index in [9.17, 15) is 0 Å². The Morgan fingerprint density at radius 2 is 2.10 bits per heavy atom. The molecule has 4 heteroatoms. The van der Waals surface area contributed by atoms with Gasteiger partial charge in [-0.1, -0.05) is 19.0 Å². The van der Waals surface area contributed by atoms with Gasteiger partial charge in [0.25, 0.3) is 0 Å². The third-order valence-corrected chi connectivity index (χ3v) is 4.35. The van der Waals surface area contributed by atoms with Crippen molar-refractivity contribution in [3.05, 3.63) is 17.5 Å². The van der Waals surface area contributed by atoms with E-state index < -0.39 is 0 Å². The van der Waals surface area contributed by atoms with Crippen LogP contribution in [0, 0.1) is 5.92 Å². The maximum absolute atomic E-state index is 5.45. The first kappa shape index (κ1) is 15.5. The van der Waals surface area contributed by atoms with Crippen molar-refractivity contribution >= 4 is 0 Å². The van der Waals surface area contributed by atoms with Crippen LogP contribution in [0.1, 0.15) is 57.4 Å². The number of aromatic nitrogens is 1. The highest BCUT2D eigenvalue weighted by Crippen LogP contribution is 2.27. The van der Waals surface area contributed by atoms with Crippen LogP contribution in [0.25, 0.3) is 0 Å². The Hall–Kier alpha value is -0.870. The maximum Gasteiger partial charge on any atom is 0.151 e. The van der Waals surface area contributed by atoms with Gasteiger partial charge in [-0.25, -0.2) is 0 Å². The Morgan fingerprint density at radius 3 is 2.80 bits per heavy atom. The molecule has 1 aliphatic carbocycles. The fourth-order valence-electron chi connectivity index (χ4n) is 2.97. The summed E-state index contributed by atoms with van der Waals surface area (Å²) < 4.78 is 5.45. The summed E-state index contributed by atoms with van der Waals surface area (Å²) in [4.78, 5) is 2.43. The first-order chi connectivity index (χ1) is 9.69. The van der Waals surface area contributed by atoms with Crippen molar-refractivity contribution in [1.29, 1.82) is 0 Å². The minimum absolute atomic E-state index is 0.706. The summed E-state index contributed by atoms with van der Waals surface area (Å²) in [6.45, 7) is 7.24. The van der Waals surface area contributed by atoms with E-state index in [0.29, 0.717) is 6.04 Å². The van der Waals surface area contributed by atoms with Crippen LogP contribution in [-0.2, 0) is 13.1 Å². The fraction of sp³-hybridized carbons (Fsp3) is 0.812. The van der Waals surface area contributed by atoms with Gasteiger partial charge in [0.2, 0.25) is 0 Å². The number of hydrogen-bond acceptors (Lipinski definition) is 4. The summed E-state index contributed by atoms with van der Waals surface area (Å²) in [6, 6.07) is 2.79. The van der Waals surface area contributed by atoms with Gasteiger partial charge in [-0.05, 0) is 51.6 Å². The summed E-state index contributed by atoms with van der Waals surface area (Å²) >= 11 is 0. The average molecular weight is 279 g/mol. The molecule has 1 fully saturated rings. The summed E-state index contributed by atoms with van der Waals surface area (Å²) in [5.41, 5.74) is 1.01. The molecular weight excluding hydrogens is 250 g/mol. The standard InChI is InChI=1S/C16H29N3O/c1-4-9-17-11-14-10-16(20-18-14)12-19(3)15-7-5-13(2)6-8-15/h10,13,15,17H,4-9,11-12H2,1-3H3. The molecule has 1 aromatic heterocycles. The monoisotopic (exact) mass is 279 g/mol. The van der Waals surface area contributed by atoms with Crippen molar-refractivity contribution in [3.8, 4) is 0 Å². The van der Waals surface area contributed by atoms with E-state index >= 15 is 0 Å². The maximum atomic E-state index is 5.45. The predicted octanol–water partition coefficient (Wildman–Crippen LogP) is 3.18. The molecule has 20 heavy (non-hydrogen) atoms. The minimum Gasteiger partial charge on any atom is -0.360 e. The Bertz CT molecular complexity index is 383. The second-order valence-corrected chi connectivity index (χ2v) is 6.29. The molecule has 114 valence electrons. The molecule has 0 amide bonds. The van der Waals surface area contributed by atoms with E-state index in [4.69, 9.17) is 4.52 Å². The van der Waals surface area contributed by atoms with E-state index in [1.165, 1.54) is 25.7 Å². The first-order valence-electron chi connectivity index (χ1n) is 8.04. The van der Waals surface area contributed by atoms with Gasteiger partial charge >= 0.3 is 0 Å². The number of rotatable bonds is 7. The summed E-state index contributed by atoms with van der Waals surface area (Å²) in [6.07, 6.45) is 6.50. The lowest BCUT2D eigenvalue weighted by Gasteiger charge is -2.32. The topological polar surface area (TPSA) is 41.3 Å². The summed E-state index contributed by atoms with van der Waals surface area (Å²) in [5.74, 6) is 1.89. The molecule has 0 spiro atoms. The van der Waals surface area contributed by atoms with Crippen LogP contribution >= 0.6 is 0 Å². The molecule has 0 aliphatic heterocycles. The minimum atomic E-state index is 0.706. The predicted molar refractivity (Wildman–Crippen MR) is 81.4 cm³/mol. The third kappa shape index (κ3) is 4.60. The van der Waals surface area contributed by atoms with Gasteiger partial charge in [0.15, 0.2) is 5.76 Å². The number of hydrogen-bond donors (Lipinski definition) is 1. The van der Waals surface area contributed by atoms with E-state index in [1.807, 2.05) is 0 Å². The van der Waals surface area contributed by atoms with Gasteiger partial charge in [0.05, 0.1) is 12.2 Å². The van der Waals surface area contributed by atoms with Crippen molar-refractivity contribution in [3.63, 3.8) is 0 Å². The second-order valence-electron chi connectivity index (χ2n) is 6.29. The van der Waals surface area contributed by atoms with Crippen molar-refractivity contribution in [2.24, 2.45) is 5.92 Å². The van der Waals surface area contributed by atoms with Crippen LogP contribution in [0.3, 0.4) is 0 Å². The van der Waals surface area contributed by atoms with Crippen LogP contribution < -0.4 is 5.32 Å². The lowest BCUT2D eigenvalue weighted by Crippen LogP contribution is -2.34. The highest BCUT2D eigenvalue weighted by atomic mass is 16.5. The number of nitrogens with one attached hydrogen (secondary N) is 1. The molecule has 0 saturated heterocycles. The molecular formula is C16H29N3O. The highest BCUT2D eigenvalue weighted by Gasteiger charge is 2.22. The van der Waals surface area contributed by atoms with Gasteiger partial charge in [0, 0.05) is 18.7 Å². The molecule has 0 aromatic carbocycles. The third-order valence-electron chi connectivity index (χ3n) is 4.35. The van der Waals surface area contributed by atoms with Crippen molar-refractivity contribution in [1.82, 2.24) is 15.4 Å². The van der Waals surface area contributed by atoms with Crippen LogP contribution in [0.4, 0.5) is 0 Å². The first-order valence-corrected chi connectivity index (χ1v) is 8.04. The van der Waals surface area contributed by atoms with Crippen LogP contribution in [0.5, 0.6) is 0 Å². The van der Waals surface area contributed by atoms with Gasteiger partial charge < -0.3 is 9.84 Å². The molecule has 1 saturated carbocycles. The van der Waals surface area contributed by atoms with Crippen LogP contribution in [-0.4, -0.2) is 29.7 Å². The summed E-state index contributed by atoms with van der Waals surface area (Å²) in [7, 11) is 2.21. The Balaban J connectivity index is 1.77. The van der Waals surface area contributed by atoms with E-state index in [2.05, 4.69) is 42.3 Å². The van der Waals surface area contributed by atoms with E-state index in [1.54, 1.807) is 0 Å². The molecule has 1 N–H and O–H groups in total. The van der Waals surface area contributed by atoms with Gasteiger partial charge in [0.1, 0.15) is 0 Å². The molecule has 1 heterocycles. The Kier molecular flexibility index (Phi) is 6.05. The lowest BCUT2D eigenvalue weighted by molar-refractivity contribution is 0.150. The normalized spacial score (nSPS) is 23.4. The average Bonchev–Trinajstić information content (AvgIpc) is 2.87.